The SMILES string of the molecule is Cc1ccc2cc(C(=O)CC3CC3)ccc2n1. The van der Waals surface area contributed by atoms with Crippen LogP contribution in [0.25, 0.3) is 10.9 Å². The summed E-state index contributed by atoms with van der Waals surface area (Å²) in [6.07, 6.45) is 3.16. The van der Waals surface area contributed by atoms with Crippen LogP contribution in [0.4, 0.5) is 0 Å². The molecule has 1 aromatic heterocycles. The number of Topliss-reactive ketones (excluding diaryl/α,β-unsaturated/α-hetero) is 1. The van der Waals surface area contributed by atoms with Crippen LogP contribution in [0.5, 0.6) is 0 Å². The van der Waals surface area contributed by atoms with Crippen molar-refractivity contribution in [3.05, 3.63) is 41.6 Å². The van der Waals surface area contributed by atoms with E-state index in [1.807, 2.05) is 37.3 Å². The van der Waals surface area contributed by atoms with Crippen molar-refractivity contribution < 1.29 is 4.79 Å². The Balaban J connectivity index is 1.95. The van der Waals surface area contributed by atoms with Gasteiger partial charge in [0.2, 0.25) is 0 Å². The second-order valence-corrected chi connectivity index (χ2v) is 4.93. The van der Waals surface area contributed by atoms with E-state index in [1.165, 1.54) is 12.8 Å². The van der Waals surface area contributed by atoms with Crippen molar-refractivity contribution >= 4 is 16.7 Å². The van der Waals surface area contributed by atoms with E-state index in [2.05, 4.69) is 4.98 Å². The first-order chi connectivity index (χ1) is 8.22. The van der Waals surface area contributed by atoms with E-state index < -0.39 is 0 Å². The summed E-state index contributed by atoms with van der Waals surface area (Å²) in [6.45, 7) is 1.98. The molecule has 0 unspecified atom stereocenters. The van der Waals surface area contributed by atoms with Gasteiger partial charge in [-0.15, -0.1) is 0 Å². The molecule has 0 spiro atoms. The summed E-state index contributed by atoms with van der Waals surface area (Å²) in [6, 6.07) is 9.83. The number of hydrogen-bond donors (Lipinski definition) is 0. The van der Waals surface area contributed by atoms with Gasteiger partial charge in [-0.3, -0.25) is 9.78 Å². The van der Waals surface area contributed by atoms with Gasteiger partial charge in [0.15, 0.2) is 5.78 Å². The largest absolute Gasteiger partial charge is 0.294 e. The van der Waals surface area contributed by atoms with Crippen molar-refractivity contribution in [2.45, 2.75) is 26.2 Å². The first-order valence-electron chi connectivity index (χ1n) is 6.13. The molecular formula is C15H15NO. The molecule has 0 atom stereocenters. The average Bonchev–Trinajstić information content (AvgIpc) is 3.12. The Morgan fingerprint density at radius 2 is 2.12 bits per heavy atom. The van der Waals surface area contributed by atoms with E-state index in [1.54, 1.807) is 0 Å². The molecule has 0 bridgehead atoms. The highest BCUT2D eigenvalue weighted by Crippen LogP contribution is 2.33. The zero-order valence-corrected chi connectivity index (χ0v) is 9.94. The van der Waals surface area contributed by atoms with Crippen molar-refractivity contribution in [1.29, 1.82) is 0 Å². The molecule has 86 valence electrons. The molecule has 2 nitrogen and oxygen atoms in total. The molecule has 1 saturated carbocycles. The van der Waals surface area contributed by atoms with Gasteiger partial charge in [0, 0.05) is 23.1 Å². The van der Waals surface area contributed by atoms with Crippen LogP contribution in [0.1, 0.15) is 35.3 Å². The normalized spacial score (nSPS) is 15.1. The molecule has 0 radical (unpaired) electrons. The second-order valence-electron chi connectivity index (χ2n) is 4.93. The highest BCUT2D eigenvalue weighted by atomic mass is 16.1. The Kier molecular flexibility index (Phi) is 2.43. The standard InChI is InChI=1S/C15H15NO/c1-10-2-5-12-9-13(6-7-14(12)16-10)15(17)8-11-3-4-11/h2,5-7,9,11H,3-4,8H2,1H3. The quantitative estimate of drug-likeness (QED) is 0.748. The molecule has 0 saturated heterocycles. The van der Waals surface area contributed by atoms with Gasteiger partial charge in [-0.25, -0.2) is 0 Å². The molecule has 0 N–H and O–H groups in total. The second kappa shape index (κ2) is 3.95. The third kappa shape index (κ3) is 2.21. The van der Waals surface area contributed by atoms with E-state index in [4.69, 9.17) is 0 Å². The van der Waals surface area contributed by atoms with Gasteiger partial charge in [-0.1, -0.05) is 6.07 Å². The summed E-state index contributed by atoms with van der Waals surface area (Å²) >= 11 is 0. The van der Waals surface area contributed by atoms with Crippen LogP contribution >= 0.6 is 0 Å². The Labute approximate surface area is 101 Å². The predicted octanol–water partition coefficient (Wildman–Crippen LogP) is 3.53. The van der Waals surface area contributed by atoms with Crippen molar-refractivity contribution in [3.8, 4) is 0 Å². The van der Waals surface area contributed by atoms with E-state index in [9.17, 15) is 4.79 Å². The van der Waals surface area contributed by atoms with Crippen LogP contribution in [-0.2, 0) is 0 Å². The summed E-state index contributed by atoms with van der Waals surface area (Å²) in [5.74, 6) is 0.921. The fourth-order valence-corrected chi connectivity index (χ4v) is 2.10. The van der Waals surface area contributed by atoms with Crippen LogP contribution < -0.4 is 0 Å². The van der Waals surface area contributed by atoms with Crippen LogP contribution in [0, 0.1) is 12.8 Å². The number of benzene rings is 1. The molecule has 2 heteroatoms. The number of pyridine rings is 1. The number of aromatic nitrogens is 1. The zero-order valence-electron chi connectivity index (χ0n) is 9.94. The van der Waals surface area contributed by atoms with Crippen LogP contribution in [-0.4, -0.2) is 10.8 Å². The maximum Gasteiger partial charge on any atom is 0.163 e. The van der Waals surface area contributed by atoms with Crippen molar-refractivity contribution in [1.82, 2.24) is 4.98 Å². The summed E-state index contributed by atoms with van der Waals surface area (Å²) in [4.78, 5) is 16.4. The highest BCUT2D eigenvalue weighted by Gasteiger charge is 2.24. The molecule has 0 amide bonds. The molecule has 1 fully saturated rings. The van der Waals surface area contributed by atoms with Crippen molar-refractivity contribution in [3.63, 3.8) is 0 Å². The van der Waals surface area contributed by atoms with Crippen LogP contribution in [0.2, 0.25) is 0 Å². The number of carbonyl (C=O) groups is 1. The number of ketones is 1. The fraction of sp³-hybridized carbons (Fsp3) is 0.333. The maximum atomic E-state index is 12.0. The lowest BCUT2D eigenvalue weighted by Gasteiger charge is -2.03. The summed E-state index contributed by atoms with van der Waals surface area (Å²) in [5.41, 5.74) is 2.80. The van der Waals surface area contributed by atoms with Gasteiger partial charge in [0.05, 0.1) is 5.52 Å². The number of aryl methyl sites for hydroxylation is 1. The minimum Gasteiger partial charge on any atom is -0.294 e. The Bertz CT molecular complexity index is 584. The molecule has 1 aliphatic carbocycles. The van der Waals surface area contributed by atoms with Gasteiger partial charge < -0.3 is 0 Å². The Hall–Kier alpha value is -1.70. The average molecular weight is 225 g/mol. The number of carbonyl (C=O) groups excluding carboxylic acids is 1. The molecule has 17 heavy (non-hydrogen) atoms. The van der Waals surface area contributed by atoms with Crippen molar-refractivity contribution in [2.24, 2.45) is 5.92 Å². The summed E-state index contributed by atoms with van der Waals surface area (Å²) in [7, 11) is 0. The van der Waals surface area contributed by atoms with E-state index in [0.29, 0.717) is 12.3 Å². The van der Waals surface area contributed by atoms with Gasteiger partial charge in [0.1, 0.15) is 0 Å². The predicted molar refractivity (Wildman–Crippen MR) is 68.2 cm³/mol. The Morgan fingerprint density at radius 1 is 1.29 bits per heavy atom. The fourth-order valence-electron chi connectivity index (χ4n) is 2.10. The summed E-state index contributed by atoms with van der Waals surface area (Å²) < 4.78 is 0. The monoisotopic (exact) mass is 225 g/mol. The minimum atomic E-state index is 0.273. The lowest BCUT2D eigenvalue weighted by Crippen LogP contribution is -2.00. The van der Waals surface area contributed by atoms with Gasteiger partial charge in [0.25, 0.3) is 0 Å². The first-order valence-corrected chi connectivity index (χ1v) is 6.13. The lowest BCUT2D eigenvalue weighted by molar-refractivity contribution is 0.0976. The molecule has 1 heterocycles. The number of hydrogen-bond acceptors (Lipinski definition) is 2. The topological polar surface area (TPSA) is 30.0 Å². The number of fused-ring (bicyclic) bond motifs is 1. The molecule has 1 aromatic carbocycles. The van der Waals surface area contributed by atoms with Crippen molar-refractivity contribution in [2.75, 3.05) is 0 Å². The lowest BCUT2D eigenvalue weighted by atomic mass is 10.0. The number of rotatable bonds is 3. The third-order valence-corrected chi connectivity index (χ3v) is 3.32. The Morgan fingerprint density at radius 3 is 2.88 bits per heavy atom. The molecule has 1 aliphatic rings. The minimum absolute atomic E-state index is 0.273. The third-order valence-electron chi connectivity index (χ3n) is 3.32. The number of nitrogens with zero attached hydrogens (tertiary/aromatic N) is 1. The smallest absolute Gasteiger partial charge is 0.163 e. The van der Waals surface area contributed by atoms with Gasteiger partial charge in [-0.2, -0.15) is 0 Å². The molecular weight excluding hydrogens is 210 g/mol. The van der Waals surface area contributed by atoms with Crippen LogP contribution in [0.15, 0.2) is 30.3 Å². The summed E-state index contributed by atoms with van der Waals surface area (Å²) in [5, 5.41) is 1.05. The van der Waals surface area contributed by atoms with Gasteiger partial charge in [-0.05, 0) is 49.9 Å². The van der Waals surface area contributed by atoms with Crippen LogP contribution in [0.3, 0.4) is 0 Å². The molecule has 3 rings (SSSR count). The van der Waals surface area contributed by atoms with Gasteiger partial charge >= 0.3 is 0 Å². The maximum absolute atomic E-state index is 12.0. The van der Waals surface area contributed by atoms with E-state index in [0.717, 1.165) is 22.2 Å². The first kappa shape index (κ1) is 10.5. The van der Waals surface area contributed by atoms with E-state index >= 15 is 0 Å². The molecule has 2 aromatic rings. The molecule has 0 aliphatic heterocycles. The van der Waals surface area contributed by atoms with E-state index in [-0.39, 0.29) is 5.78 Å². The zero-order chi connectivity index (χ0) is 11.8. The highest BCUT2D eigenvalue weighted by molar-refractivity contribution is 5.99.